The van der Waals surface area contributed by atoms with E-state index < -0.39 is 18.0 Å². The normalized spacial score (nSPS) is 18.7. The maximum atomic E-state index is 14.9. The average molecular weight is 699 g/mol. The van der Waals surface area contributed by atoms with Gasteiger partial charge in [-0.05, 0) is 54.3 Å². The number of nitriles is 2. The Morgan fingerprint density at radius 2 is 1.56 bits per heavy atom. The van der Waals surface area contributed by atoms with Gasteiger partial charge in [0.25, 0.3) is 0 Å². The van der Waals surface area contributed by atoms with Crippen molar-refractivity contribution in [3.8, 4) is 34.8 Å². The van der Waals surface area contributed by atoms with Crippen molar-refractivity contribution in [2.45, 2.75) is 19.0 Å². The van der Waals surface area contributed by atoms with Crippen LogP contribution in [0.3, 0.4) is 0 Å². The van der Waals surface area contributed by atoms with Gasteiger partial charge < -0.3 is 10.2 Å². The van der Waals surface area contributed by atoms with Crippen LogP contribution in [0.4, 0.5) is 10.3 Å². The summed E-state index contributed by atoms with van der Waals surface area (Å²) in [6.45, 7) is 1.13. The summed E-state index contributed by atoms with van der Waals surface area (Å²) in [4.78, 5) is 42.7. The molecule has 8 rings (SSSR count). The molecule has 3 atom stereocenters. The maximum Gasteiger partial charge on any atom is 0.242 e. The molecule has 2 fully saturated rings. The minimum absolute atomic E-state index is 0.268. The number of carbonyl (C=O) groups excluding carboxylic acids is 2. The molecule has 3 aromatic carbocycles. The third-order valence-corrected chi connectivity index (χ3v) is 11.4. The quantitative estimate of drug-likeness (QED) is 0.208. The van der Waals surface area contributed by atoms with E-state index in [2.05, 4.69) is 41.0 Å². The van der Waals surface area contributed by atoms with Crippen LogP contribution in [0.15, 0.2) is 79.0 Å². The molecule has 0 bridgehead atoms. The molecule has 6 aromatic rings. The number of benzene rings is 3. The fraction of sp³-hybridized carbons (Fsp3) is 0.250. The van der Waals surface area contributed by atoms with Gasteiger partial charge in [-0.25, -0.2) is 14.9 Å². The Morgan fingerprint density at radius 3 is 2.20 bits per heavy atom. The summed E-state index contributed by atoms with van der Waals surface area (Å²) >= 11 is 2.79. The number of hydrogen-bond acceptors (Lipinski definition) is 11. The third kappa shape index (κ3) is 5.68. The number of nitrogens with one attached hydrogen (secondary N) is 1. The number of carbonyl (C=O) groups is 2. The van der Waals surface area contributed by atoms with Crippen molar-refractivity contribution in [3.05, 3.63) is 79.0 Å². The molecule has 0 aliphatic carbocycles. The van der Waals surface area contributed by atoms with Crippen LogP contribution in [-0.4, -0.2) is 67.2 Å². The summed E-state index contributed by atoms with van der Waals surface area (Å²) in [5.74, 6) is -1.71. The van der Waals surface area contributed by atoms with Crippen molar-refractivity contribution in [3.63, 3.8) is 0 Å². The highest BCUT2D eigenvalue weighted by Gasteiger charge is 2.44. The molecule has 0 radical (unpaired) electrons. The SMILES string of the molecule is Cn1nccc1-c1ccc2nc(N(C(=O)[C@H]3CCN(C#N)[C@@H]3NC(=O)C3CCN(C#N)C3)c3nc4ccc(-c5ccccc5)cc4s3)sc2c1. The van der Waals surface area contributed by atoms with Crippen LogP contribution < -0.4 is 10.2 Å². The molecule has 0 spiro atoms. The van der Waals surface area contributed by atoms with Crippen molar-refractivity contribution >= 4 is 65.2 Å². The fourth-order valence-electron chi connectivity index (χ4n) is 6.75. The molecule has 2 aliphatic rings. The number of aromatic nitrogens is 4. The van der Waals surface area contributed by atoms with E-state index >= 15 is 0 Å². The molecule has 14 heteroatoms. The molecule has 2 aliphatic heterocycles. The highest BCUT2D eigenvalue weighted by Crippen LogP contribution is 2.41. The lowest BCUT2D eigenvalue weighted by Crippen LogP contribution is -2.51. The number of likely N-dealkylation sites (tertiary alicyclic amines) is 2. The molecule has 2 amide bonds. The Kier molecular flexibility index (Phi) is 8.11. The van der Waals surface area contributed by atoms with Gasteiger partial charge in [-0.15, -0.1) is 0 Å². The van der Waals surface area contributed by atoms with Gasteiger partial charge in [0.1, 0.15) is 6.17 Å². The third-order valence-electron chi connectivity index (χ3n) is 9.42. The lowest BCUT2D eigenvalue weighted by atomic mass is 10.0. The maximum absolute atomic E-state index is 14.9. The zero-order chi connectivity index (χ0) is 34.4. The first-order valence-electron chi connectivity index (χ1n) is 16.2. The topological polar surface area (TPSA) is 147 Å². The Labute approximate surface area is 295 Å². The number of anilines is 2. The Balaban J connectivity index is 1.19. The lowest BCUT2D eigenvalue weighted by molar-refractivity contribution is -0.128. The van der Waals surface area contributed by atoms with Gasteiger partial charge in [0.05, 0.1) is 38.0 Å². The van der Waals surface area contributed by atoms with E-state index in [4.69, 9.17) is 9.97 Å². The first-order valence-corrected chi connectivity index (χ1v) is 17.8. The number of aryl methyl sites for hydroxylation is 1. The molecule has 1 unspecified atom stereocenters. The predicted octanol–water partition coefficient (Wildman–Crippen LogP) is 5.69. The zero-order valence-corrected chi connectivity index (χ0v) is 28.6. The van der Waals surface area contributed by atoms with Crippen LogP contribution in [0.1, 0.15) is 12.8 Å². The molecule has 0 saturated carbocycles. The predicted molar refractivity (Wildman–Crippen MR) is 192 cm³/mol. The minimum Gasteiger partial charge on any atom is -0.334 e. The minimum atomic E-state index is -0.844. The second kappa shape index (κ2) is 12.9. The zero-order valence-electron chi connectivity index (χ0n) is 26.9. The van der Waals surface area contributed by atoms with E-state index in [9.17, 15) is 20.1 Å². The summed E-state index contributed by atoms with van der Waals surface area (Å²) in [6, 6.07) is 24.1. The van der Waals surface area contributed by atoms with E-state index in [1.807, 2.05) is 66.3 Å². The summed E-state index contributed by atoms with van der Waals surface area (Å²) in [6.07, 6.45) is 6.08. The molecule has 1 N–H and O–H groups in total. The molecule has 3 aromatic heterocycles. The van der Waals surface area contributed by atoms with Crippen molar-refractivity contribution in [1.29, 1.82) is 10.5 Å². The van der Waals surface area contributed by atoms with Crippen LogP contribution in [0, 0.1) is 34.7 Å². The Bertz CT molecular complexity index is 2340. The van der Waals surface area contributed by atoms with Crippen LogP contribution in [0.5, 0.6) is 0 Å². The first kappa shape index (κ1) is 31.4. The van der Waals surface area contributed by atoms with Crippen molar-refractivity contribution in [1.82, 2.24) is 34.9 Å². The van der Waals surface area contributed by atoms with Gasteiger partial charge in [0, 0.05) is 38.4 Å². The summed E-state index contributed by atoms with van der Waals surface area (Å²) < 4.78 is 3.61. The summed E-state index contributed by atoms with van der Waals surface area (Å²) in [5, 5.41) is 27.5. The average Bonchev–Trinajstić information content (AvgIpc) is 3.98. The number of fused-ring (bicyclic) bond motifs is 2. The van der Waals surface area contributed by atoms with Crippen LogP contribution >= 0.6 is 22.7 Å². The second-order valence-corrected chi connectivity index (χ2v) is 14.4. The van der Waals surface area contributed by atoms with Gasteiger partial charge in [-0.2, -0.15) is 15.6 Å². The van der Waals surface area contributed by atoms with Crippen LogP contribution in [0.25, 0.3) is 42.8 Å². The van der Waals surface area contributed by atoms with E-state index in [1.165, 1.54) is 27.6 Å². The van der Waals surface area contributed by atoms with Gasteiger partial charge in [-0.1, -0.05) is 65.1 Å². The van der Waals surface area contributed by atoms with Gasteiger partial charge in [0.15, 0.2) is 22.6 Å². The molecule has 12 nitrogen and oxygen atoms in total. The fourth-order valence-corrected chi connectivity index (χ4v) is 8.83. The van der Waals surface area contributed by atoms with E-state index in [0.29, 0.717) is 42.7 Å². The molecule has 5 heterocycles. The van der Waals surface area contributed by atoms with Crippen LogP contribution in [0.2, 0.25) is 0 Å². The number of rotatable bonds is 7. The van der Waals surface area contributed by atoms with Crippen molar-refractivity contribution in [2.24, 2.45) is 18.9 Å². The number of hydrogen-bond donors (Lipinski definition) is 1. The van der Waals surface area contributed by atoms with Crippen molar-refractivity contribution < 1.29 is 9.59 Å². The molecule has 50 heavy (non-hydrogen) atoms. The molecular weight excluding hydrogens is 669 g/mol. The standard InChI is InChI=1S/C36H30N10O2S2/c1-43-29(11-14-39-43)24-8-10-28-31(18-24)50-36(41-28)46(35-40-27-9-7-23(17-30(27)49-35)22-5-3-2-4-6-22)34(48)26-13-16-45(21-38)32(26)42-33(47)25-12-15-44(19-25)20-37/h2-11,14,17-18,25-26,32H,12-13,15-16,19H2,1H3,(H,42,47)/t25?,26-,32-/m0/s1. The number of thiazole rings is 2. The Morgan fingerprint density at radius 1 is 0.860 bits per heavy atom. The van der Waals surface area contributed by atoms with Gasteiger partial charge >= 0.3 is 0 Å². The van der Waals surface area contributed by atoms with E-state index in [1.54, 1.807) is 16.0 Å². The highest BCUT2D eigenvalue weighted by molar-refractivity contribution is 7.24. The largest absolute Gasteiger partial charge is 0.334 e. The van der Waals surface area contributed by atoms with Gasteiger partial charge in [0.2, 0.25) is 11.8 Å². The summed E-state index contributed by atoms with van der Waals surface area (Å²) in [7, 11) is 1.89. The van der Waals surface area contributed by atoms with Gasteiger partial charge in [-0.3, -0.25) is 19.2 Å². The van der Waals surface area contributed by atoms with E-state index in [-0.39, 0.29) is 11.8 Å². The summed E-state index contributed by atoms with van der Waals surface area (Å²) in [5.41, 5.74) is 5.54. The van der Waals surface area contributed by atoms with Crippen molar-refractivity contribution in [2.75, 3.05) is 24.5 Å². The number of nitrogens with zero attached hydrogens (tertiary/aromatic N) is 9. The highest BCUT2D eigenvalue weighted by atomic mass is 32.1. The van der Waals surface area contributed by atoms with Crippen LogP contribution in [-0.2, 0) is 16.6 Å². The Hall–Kier alpha value is -5.83. The second-order valence-electron chi connectivity index (χ2n) is 12.4. The smallest absolute Gasteiger partial charge is 0.242 e. The molecule has 2 saturated heterocycles. The molecular formula is C36H30N10O2S2. The molecule has 248 valence electrons. The monoisotopic (exact) mass is 698 g/mol. The lowest BCUT2D eigenvalue weighted by Gasteiger charge is -2.28. The first-order chi connectivity index (χ1) is 24.4. The van der Waals surface area contributed by atoms with E-state index in [0.717, 1.165) is 42.8 Å². The number of amides is 2.